The van der Waals surface area contributed by atoms with Gasteiger partial charge in [-0.1, -0.05) is 13.8 Å². The van der Waals surface area contributed by atoms with Gasteiger partial charge in [0.05, 0.1) is 17.1 Å². The number of H-pyrrole nitrogens is 2. The monoisotopic (exact) mass is 461 g/mol. The van der Waals surface area contributed by atoms with Gasteiger partial charge >= 0.3 is 5.69 Å². The molecule has 1 atom stereocenters. The van der Waals surface area contributed by atoms with Crippen molar-refractivity contribution in [1.29, 1.82) is 0 Å². The highest BCUT2D eigenvalue weighted by Crippen LogP contribution is 2.49. The molecule has 0 bridgehead atoms. The standard InChI is InChI=1S/C20H20BrN3O5/c1-20(2)6-10-14(11(25)7-20)13(8-4-9(21)16(26)12(5-8)29-3)15-17(22-10)23-19(28)24-18(15)27/h4-5,13,26H,6-7H2,1-3H3,(H3,22,23,24,27,28)/t13-/m0/s1. The fraction of sp³-hybridized carbons (Fsp3) is 0.350. The summed E-state index contributed by atoms with van der Waals surface area (Å²) in [4.78, 5) is 42.6. The van der Waals surface area contributed by atoms with Gasteiger partial charge in [-0.05, 0) is 45.5 Å². The Labute approximate surface area is 174 Å². The van der Waals surface area contributed by atoms with Crippen LogP contribution in [0.25, 0.3) is 0 Å². The molecular weight excluding hydrogens is 442 g/mol. The first-order valence-electron chi connectivity index (χ1n) is 9.07. The number of methoxy groups -OCH3 is 1. The molecule has 2 aromatic rings. The number of hydrogen-bond donors (Lipinski definition) is 4. The van der Waals surface area contributed by atoms with Crippen molar-refractivity contribution in [3.8, 4) is 11.5 Å². The first kappa shape index (κ1) is 19.5. The van der Waals surface area contributed by atoms with E-state index < -0.39 is 17.2 Å². The van der Waals surface area contributed by atoms with Crippen molar-refractivity contribution in [2.24, 2.45) is 5.41 Å². The number of benzene rings is 1. The van der Waals surface area contributed by atoms with E-state index in [1.54, 1.807) is 12.1 Å². The summed E-state index contributed by atoms with van der Waals surface area (Å²) in [5, 5.41) is 13.3. The van der Waals surface area contributed by atoms with Gasteiger partial charge in [0.25, 0.3) is 5.56 Å². The Kier molecular flexibility index (Phi) is 4.45. The average molecular weight is 462 g/mol. The molecule has 0 saturated heterocycles. The van der Waals surface area contributed by atoms with E-state index in [1.807, 2.05) is 13.8 Å². The number of halogens is 1. The number of nitrogens with one attached hydrogen (secondary N) is 3. The van der Waals surface area contributed by atoms with Crippen LogP contribution in [0.15, 0.2) is 37.5 Å². The molecule has 0 fully saturated rings. The molecule has 0 spiro atoms. The van der Waals surface area contributed by atoms with Gasteiger partial charge in [0.2, 0.25) is 0 Å². The number of aromatic hydroxyl groups is 1. The topological polar surface area (TPSA) is 124 Å². The van der Waals surface area contributed by atoms with Crippen molar-refractivity contribution in [1.82, 2.24) is 9.97 Å². The van der Waals surface area contributed by atoms with E-state index >= 15 is 0 Å². The van der Waals surface area contributed by atoms with Gasteiger partial charge in [-0.3, -0.25) is 19.6 Å². The van der Waals surface area contributed by atoms with Crippen molar-refractivity contribution in [2.45, 2.75) is 32.6 Å². The number of anilines is 1. The van der Waals surface area contributed by atoms with E-state index in [1.165, 1.54) is 7.11 Å². The Morgan fingerprint density at radius 3 is 2.59 bits per heavy atom. The lowest BCUT2D eigenvalue weighted by atomic mass is 9.69. The zero-order chi connectivity index (χ0) is 21.1. The lowest BCUT2D eigenvalue weighted by molar-refractivity contribution is -0.118. The summed E-state index contributed by atoms with van der Waals surface area (Å²) in [5.74, 6) is -0.368. The minimum atomic E-state index is -0.712. The molecule has 152 valence electrons. The summed E-state index contributed by atoms with van der Waals surface area (Å²) < 4.78 is 5.62. The van der Waals surface area contributed by atoms with Crippen LogP contribution in [0.5, 0.6) is 11.5 Å². The van der Waals surface area contributed by atoms with Gasteiger partial charge in [0.15, 0.2) is 17.3 Å². The fourth-order valence-corrected chi connectivity index (χ4v) is 4.66. The lowest BCUT2D eigenvalue weighted by Crippen LogP contribution is -2.38. The summed E-state index contributed by atoms with van der Waals surface area (Å²) >= 11 is 3.31. The number of phenolic OH excluding ortho intramolecular Hbond substituents is 1. The van der Waals surface area contributed by atoms with Gasteiger partial charge in [0.1, 0.15) is 5.82 Å². The van der Waals surface area contributed by atoms with Gasteiger partial charge in [0, 0.05) is 23.6 Å². The number of phenols is 1. The molecule has 0 radical (unpaired) electrons. The van der Waals surface area contributed by atoms with E-state index in [0.29, 0.717) is 34.1 Å². The number of aromatic nitrogens is 2. The Hall–Kier alpha value is -2.81. The first-order valence-corrected chi connectivity index (χ1v) is 9.87. The zero-order valence-corrected chi connectivity index (χ0v) is 17.7. The highest BCUT2D eigenvalue weighted by Gasteiger charge is 2.42. The summed E-state index contributed by atoms with van der Waals surface area (Å²) in [5.41, 5.74) is 0.564. The highest BCUT2D eigenvalue weighted by molar-refractivity contribution is 9.10. The maximum Gasteiger partial charge on any atom is 0.327 e. The van der Waals surface area contributed by atoms with Crippen molar-refractivity contribution in [3.63, 3.8) is 0 Å². The number of ketones is 1. The van der Waals surface area contributed by atoms with Gasteiger partial charge < -0.3 is 15.2 Å². The molecule has 0 unspecified atom stereocenters. The minimum Gasteiger partial charge on any atom is -0.503 e. The second kappa shape index (κ2) is 6.62. The number of hydrogen-bond acceptors (Lipinski definition) is 6. The van der Waals surface area contributed by atoms with E-state index in [4.69, 9.17) is 4.74 Å². The maximum atomic E-state index is 13.1. The quantitative estimate of drug-likeness (QED) is 0.544. The predicted octanol–water partition coefficient (Wildman–Crippen LogP) is 2.74. The molecule has 1 aliphatic heterocycles. The second-order valence-corrected chi connectivity index (χ2v) is 9.00. The van der Waals surface area contributed by atoms with Crippen molar-refractivity contribution < 1.29 is 14.6 Å². The molecule has 0 amide bonds. The number of ether oxygens (including phenoxy) is 1. The SMILES string of the molecule is COc1cc([C@H]2C3=C(CC(C)(C)CC3=O)Nc3[nH]c(=O)[nH]c(=O)c32)cc(Br)c1O. The van der Waals surface area contributed by atoms with Crippen LogP contribution in [-0.2, 0) is 4.79 Å². The van der Waals surface area contributed by atoms with E-state index in [2.05, 4.69) is 31.2 Å². The predicted molar refractivity (Wildman–Crippen MR) is 111 cm³/mol. The van der Waals surface area contributed by atoms with Gasteiger partial charge in [-0.25, -0.2) is 4.79 Å². The minimum absolute atomic E-state index is 0.0619. The number of fused-ring (bicyclic) bond motifs is 1. The number of carbonyl (C=O) groups excluding carboxylic acids is 1. The molecule has 1 aromatic heterocycles. The number of Topliss-reactive ketones (excluding diaryl/α,β-unsaturated/α-hetero) is 1. The molecule has 9 heteroatoms. The van der Waals surface area contributed by atoms with Crippen LogP contribution < -0.4 is 21.3 Å². The summed E-state index contributed by atoms with van der Waals surface area (Å²) in [6.45, 7) is 4.00. The Morgan fingerprint density at radius 2 is 1.90 bits per heavy atom. The third-order valence-corrected chi connectivity index (χ3v) is 5.96. The molecule has 29 heavy (non-hydrogen) atoms. The van der Waals surface area contributed by atoms with Crippen LogP contribution >= 0.6 is 15.9 Å². The molecule has 2 aliphatic rings. The fourth-order valence-electron chi connectivity index (χ4n) is 4.20. The first-order chi connectivity index (χ1) is 13.6. The van der Waals surface area contributed by atoms with Gasteiger partial charge in [-0.2, -0.15) is 0 Å². The molecule has 4 N–H and O–H groups in total. The molecule has 8 nitrogen and oxygen atoms in total. The molecule has 1 aliphatic carbocycles. The second-order valence-electron chi connectivity index (χ2n) is 8.14. The Morgan fingerprint density at radius 1 is 1.17 bits per heavy atom. The smallest absolute Gasteiger partial charge is 0.327 e. The van der Waals surface area contributed by atoms with Crippen LogP contribution in [0.2, 0.25) is 0 Å². The Bertz CT molecular complexity index is 1190. The van der Waals surface area contributed by atoms with Crippen molar-refractivity contribution in [3.05, 3.63) is 59.8 Å². The highest BCUT2D eigenvalue weighted by atomic mass is 79.9. The number of carbonyl (C=O) groups is 1. The number of allylic oxidation sites excluding steroid dienone is 2. The lowest BCUT2D eigenvalue weighted by Gasteiger charge is -2.38. The van der Waals surface area contributed by atoms with Crippen molar-refractivity contribution >= 4 is 27.5 Å². The summed E-state index contributed by atoms with van der Waals surface area (Å²) in [7, 11) is 1.42. The Balaban J connectivity index is 2.04. The van der Waals surface area contributed by atoms with Gasteiger partial charge in [-0.15, -0.1) is 0 Å². The van der Waals surface area contributed by atoms with Crippen LogP contribution in [0.1, 0.15) is 43.7 Å². The molecule has 1 aromatic carbocycles. The van der Waals surface area contributed by atoms with Crippen LogP contribution in [0.4, 0.5) is 5.82 Å². The summed E-state index contributed by atoms with van der Waals surface area (Å²) in [6, 6.07) is 3.25. The average Bonchev–Trinajstić information content (AvgIpc) is 2.60. The van der Waals surface area contributed by atoms with E-state index in [9.17, 15) is 19.5 Å². The maximum absolute atomic E-state index is 13.1. The molecule has 2 heterocycles. The molecular formula is C20H20BrN3O5. The molecule has 0 saturated carbocycles. The van der Waals surface area contributed by atoms with Crippen LogP contribution in [0.3, 0.4) is 0 Å². The number of rotatable bonds is 2. The van der Waals surface area contributed by atoms with Crippen molar-refractivity contribution in [2.75, 3.05) is 12.4 Å². The molecule has 4 rings (SSSR count). The van der Waals surface area contributed by atoms with E-state index in [-0.39, 0.29) is 34.1 Å². The summed E-state index contributed by atoms with van der Waals surface area (Å²) in [6.07, 6.45) is 0.937. The third-order valence-electron chi connectivity index (χ3n) is 5.36. The third kappa shape index (κ3) is 3.19. The van der Waals surface area contributed by atoms with E-state index in [0.717, 1.165) is 0 Å². The van der Waals surface area contributed by atoms with Crippen LogP contribution in [0, 0.1) is 5.41 Å². The number of aromatic amines is 2. The zero-order valence-electron chi connectivity index (χ0n) is 16.1. The largest absolute Gasteiger partial charge is 0.503 e. The van der Waals surface area contributed by atoms with Crippen LogP contribution in [-0.4, -0.2) is 28.0 Å². The normalized spacial score (nSPS) is 20.0.